The Kier molecular flexibility index (Phi) is 8.00. The number of benzene rings is 3. The lowest BCUT2D eigenvalue weighted by molar-refractivity contribution is -0.137. The number of piperidine rings is 1. The molecule has 0 spiro atoms. The van der Waals surface area contributed by atoms with Crippen molar-refractivity contribution < 1.29 is 19.5 Å². The van der Waals surface area contributed by atoms with Crippen molar-refractivity contribution in [2.45, 2.75) is 45.1 Å². The molecule has 1 aliphatic rings. The van der Waals surface area contributed by atoms with E-state index < -0.39 is 5.97 Å². The van der Waals surface area contributed by atoms with Crippen molar-refractivity contribution in [2.24, 2.45) is 0 Å². The zero-order valence-corrected chi connectivity index (χ0v) is 20.4. The number of aliphatic carboxylic acids is 1. The Bertz CT molecular complexity index is 1240. The highest BCUT2D eigenvalue weighted by Crippen LogP contribution is 2.30. The molecule has 4 rings (SSSR count). The molecule has 1 fully saturated rings. The van der Waals surface area contributed by atoms with Crippen molar-refractivity contribution in [3.63, 3.8) is 0 Å². The van der Waals surface area contributed by atoms with Crippen molar-refractivity contribution in [3.05, 3.63) is 95.1 Å². The zero-order valence-electron chi connectivity index (χ0n) is 20.4. The summed E-state index contributed by atoms with van der Waals surface area (Å²) in [6.45, 7) is 3.15. The molecule has 36 heavy (non-hydrogen) atoms. The zero-order chi connectivity index (χ0) is 25.5. The topological polar surface area (TPSA) is 98.7 Å². The fraction of sp³-hybridized carbons (Fsp3) is 0.276. The number of carboxylic acids is 1. The van der Waals surface area contributed by atoms with Crippen LogP contribution in [0, 0.1) is 6.92 Å². The van der Waals surface area contributed by atoms with E-state index in [0.29, 0.717) is 25.2 Å². The SMILES string of the molecule is Cc1ccccc1NC(=O)Nc1ccc(C2CCCN(Cc3cccc(CCC(=O)O)c3)C2=O)cc1. The number of nitrogens with one attached hydrogen (secondary N) is 2. The minimum atomic E-state index is -0.817. The maximum absolute atomic E-state index is 13.3. The molecule has 7 nitrogen and oxygen atoms in total. The van der Waals surface area contributed by atoms with Gasteiger partial charge in [0.1, 0.15) is 0 Å². The number of amides is 3. The standard InChI is InChI=1S/C29H31N3O4/c1-20-6-2-3-10-26(20)31-29(36)30-24-14-12-23(13-15-24)25-9-5-17-32(28(25)35)19-22-8-4-7-21(18-22)11-16-27(33)34/h2-4,6-8,10,12-15,18,25H,5,9,11,16-17,19H2,1H3,(H,33,34)(H2,30,31,36). The van der Waals surface area contributed by atoms with Gasteiger partial charge in [-0.1, -0.05) is 54.6 Å². The molecule has 1 saturated heterocycles. The number of hydrogen-bond donors (Lipinski definition) is 3. The summed E-state index contributed by atoms with van der Waals surface area (Å²) in [5.74, 6) is -0.943. The van der Waals surface area contributed by atoms with Gasteiger partial charge in [0.25, 0.3) is 0 Å². The average molecular weight is 486 g/mol. The Balaban J connectivity index is 1.36. The molecule has 1 aliphatic heterocycles. The Morgan fingerprint density at radius 3 is 2.47 bits per heavy atom. The normalized spacial score (nSPS) is 15.4. The number of urea groups is 1. The Hall–Kier alpha value is -4.13. The van der Waals surface area contributed by atoms with E-state index in [0.717, 1.165) is 40.8 Å². The Morgan fingerprint density at radius 2 is 1.72 bits per heavy atom. The molecule has 3 aromatic carbocycles. The molecular weight excluding hydrogens is 454 g/mol. The van der Waals surface area contributed by atoms with Gasteiger partial charge in [-0.3, -0.25) is 9.59 Å². The van der Waals surface area contributed by atoms with Crippen LogP contribution in [0.1, 0.15) is 47.4 Å². The summed E-state index contributed by atoms with van der Waals surface area (Å²) in [6, 6.07) is 22.5. The predicted octanol–water partition coefficient (Wildman–Crippen LogP) is 5.56. The molecule has 3 aromatic rings. The molecule has 0 saturated carbocycles. The van der Waals surface area contributed by atoms with Crippen molar-refractivity contribution in [3.8, 4) is 0 Å². The number of rotatable bonds is 8. The molecule has 0 aliphatic carbocycles. The van der Waals surface area contributed by atoms with E-state index in [2.05, 4.69) is 10.6 Å². The number of carbonyl (C=O) groups excluding carboxylic acids is 2. The Labute approximate surface area is 211 Å². The van der Waals surface area contributed by atoms with Gasteiger partial charge < -0.3 is 20.6 Å². The van der Waals surface area contributed by atoms with Gasteiger partial charge in [-0.25, -0.2) is 4.79 Å². The van der Waals surface area contributed by atoms with Crippen LogP contribution < -0.4 is 10.6 Å². The number of nitrogens with zero attached hydrogens (tertiary/aromatic N) is 1. The first-order valence-electron chi connectivity index (χ1n) is 12.2. The third kappa shape index (κ3) is 6.50. The molecule has 0 aromatic heterocycles. The van der Waals surface area contributed by atoms with E-state index in [1.807, 2.05) is 84.6 Å². The van der Waals surface area contributed by atoms with Crippen LogP contribution in [0.3, 0.4) is 0 Å². The lowest BCUT2D eigenvalue weighted by Crippen LogP contribution is -2.39. The van der Waals surface area contributed by atoms with Crippen LogP contribution in [0.2, 0.25) is 0 Å². The summed E-state index contributed by atoms with van der Waals surface area (Å²) >= 11 is 0. The summed E-state index contributed by atoms with van der Waals surface area (Å²) in [5, 5.41) is 14.6. The minimum absolute atomic E-state index is 0.0899. The lowest BCUT2D eigenvalue weighted by atomic mass is 9.89. The molecule has 0 bridgehead atoms. The van der Waals surface area contributed by atoms with Gasteiger partial charge in [0.05, 0.1) is 5.92 Å². The monoisotopic (exact) mass is 485 g/mol. The summed E-state index contributed by atoms with van der Waals surface area (Å²) < 4.78 is 0. The second-order valence-corrected chi connectivity index (χ2v) is 9.18. The number of likely N-dealkylation sites (tertiary alicyclic amines) is 1. The highest BCUT2D eigenvalue weighted by Gasteiger charge is 2.30. The first kappa shape index (κ1) is 25.0. The number of aryl methyl sites for hydroxylation is 2. The smallest absolute Gasteiger partial charge is 0.323 e. The van der Waals surface area contributed by atoms with Crippen LogP contribution >= 0.6 is 0 Å². The van der Waals surface area contributed by atoms with E-state index >= 15 is 0 Å². The number of carboxylic acid groups (broad SMARTS) is 1. The van der Waals surface area contributed by atoms with E-state index in [1.54, 1.807) is 0 Å². The van der Waals surface area contributed by atoms with Crippen LogP contribution in [0.4, 0.5) is 16.2 Å². The number of para-hydroxylation sites is 1. The molecule has 1 unspecified atom stereocenters. The largest absolute Gasteiger partial charge is 0.481 e. The molecule has 186 valence electrons. The molecular formula is C29H31N3O4. The molecule has 0 radical (unpaired) electrons. The quantitative estimate of drug-likeness (QED) is 0.389. The van der Waals surface area contributed by atoms with Crippen LogP contribution in [0.5, 0.6) is 0 Å². The van der Waals surface area contributed by atoms with Gasteiger partial charge >= 0.3 is 12.0 Å². The molecule has 1 atom stereocenters. The summed E-state index contributed by atoms with van der Waals surface area (Å²) in [6.07, 6.45) is 2.26. The fourth-order valence-electron chi connectivity index (χ4n) is 4.56. The first-order chi connectivity index (χ1) is 17.4. The van der Waals surface area contributed by atoms with Gasteiger partial charge in [0.15, 0.2) is 0 Å². The summed E-state index contributed by atoms with van der Waals surface area (Å²) in [4.78, 5) is 38.4. The van der Waals surface area contributed by atoms with E-state index in [9.17, 15) is 14.4 Å². The predicted molar refractivity (Wildman–Crippen MR) is 140 cm³/mol. The van der Waals surface area contributed by atoms with Gasteiger partial charge in [0.2, 0.25) is 5.91 Å². The van der Waals surface area contributed by atoms with E-state index in [4.69, 9.17) is 5.11 Å². The second kappa shape index (κ2) is 11.5. The minimum Gasteiger partial charge on any atom is -0.481 e. The third-order valence-electron chi connectivity index (χ3n) is 6.49. The van der Waals surface area contributed by atoms with Gasteiger partial charge in [0, 0.05) is 30.9 Å². The second-order valence-electron chi connectivity index (χ2n) is 9.18. The number of carbonyl (C=O) groups is 3. The number of hydrogen-bond acceptors (Lipinski definition) is 3. The van der Waals surface area contributed by atoms with Crippen molar-refractivity contribution in [2.75, 3.05) is 17.2 Å². The van der Waals surface area contributed by atoms with Gasteiger partial charge in [-0.2, -0.15) is 0 Å². The third-order valence-corrected chi connectivity index (χ3v) is 6.49. The molecule has 3 N–H and O–H groups in total. The van der Waals surface area contributed by atoms with Crippen LogP contribution in [0.25, 0.3) is 0 Å². The van der Waals surface area contributed by atoms with Crippen molar-refractivity contribution in [1.82, 2.24) is 4.90 Å². The van der Waals surface area contributed by atoms with Crippen LogP contribution in [-0.2, 0) is 22.6 Å². The van der Waals surface area contributed by atoms with Crippen molar-refractivity contribution >= 4 is 29.3 Å². The maximum Gasteiger partial charge on any atom is 0.323 e. The first-order valence-corrected chi connectivity index (χ1v) is 12.2. The highest BCUT2D eigenvalue weighted by molar-refractivity contribution is 6.00. The van der Waals surface area contributed by atoms with Gasteiger partial charge in [-0.05, 0) is 66.6 Å². The van der Waals surface area contributed by atoms with Crippen molar-refractivity contribution in [1.29, 1.82) is 0 Å². The molecule has 7 heteroatoms. The summed E-state index contributed by atoms with van der Waals surface area (Å²) in [5.41, 5.74) is 5.30. The molecule has 1 heterocycles. The van der Waals surface area contributed by atoms with Gasteiger partial charge in [-0.15, -0.1) is 0 Å². The maximum atomic E-state index is 13.3. The molecule has 3 amide bonds. The lowest BCUT2D eigenvalue weighted by Gasteiger charge is -2.33. The fourth-order valence-corrected chi connectivity index (χ4v) is 4.56. The van der Waals surface area contributed by atoms with Crippen LogP contribution in [-0.4, -0.2) is 34.5 Å². The number of anilines is 2. The van der Waals surface area contributed by atoms with Crippen LogP contribution in [0.15, 0.2) is 72.8 Å². The van der Waals surface area contributed by atoms with E-state index in [-0.39, 0.29) is 24.3 Å². The highest BCUT2D eigenvalue weighted by atomic mass is 16.4. The summed E-state index contributed by atoms with van der Waals surface area (Å²) in [7, 11) is 0. The average Bonchev–Trinajstić information content (AvgIpc) is 2.86. The Morgan fingerprint density at radius 1 is 0.972 bits per heavy atom. The van der Waals surface area contributed by atoms with E-state index in [1.165, 1.54) is 0 Å².